The summed E-state index contributed by atoms with van der Waals surface area (Å²) in [6.45, 7) is 8.84. The fraction of sp³-hybridized carbons (Fsp3) is 0.528. The molecular weight excluding hydrogens is 584 g/mol. The molecule has 3 aromatic rings. The number of aromatic nitrogens is 2. The van der Waals surface area contributed by atoms with Gasteiger partial charge in [-0.25, -0.2) is 0 Å². The number of carbonyl (C=O) groups is 2. The largest absolute Gasteiger partial charge is 0.487 e. The number of hydrogen-bond acceptors (Lipinski definition) is 8. The summed E-state index contributed by atoms with van der Waals surface area (Å²) in [7, 11) is 1.80. The molecule has 0 aliphatic carbocycles. The molecule has 3 saturated heterocycles. The first-order valence-electron chi connectivity index (χ1n) is 16.7. The maximum absolute atomic E-state index is 13.3. The molecule has 3 aliphatic rings. The Bertz CT molecular complexity index is 1400. The van der Waals surface area contributed by atoms with Crippen molar-refractivity contribution in [2.24, 2.45) is 13.0 Å². The topological polar surface area (TPSA) is 104 Å². The Morgan fingerprint density at radius 3 is 2.41 bits per heavy atom. The molecule has 10 nitrogen and oxygen atoms in total. The molecule has 1 N–H and O–H groups in total. The molecule has 6 rings (SSSR count). The Hall–Kier alpha value is -3.73. The minimum Gasteiger partial charge on any atom is -0.487 e. The van der Waals surface area contributed by atoms with Crippen molar-refractivity contribution < 1.29 is 28.5 Å². The van der Waals surface area contributed by atoms with Crippen LogP contribution in [0.5, 0.6) is 5.75 Å². The second-order valence-corrected chi connectivity index (χ2v) is 12.1. The highest BCUT2D eigenvalue weighted by atomic mass is 16.7. The summed E-state index contributed by atoms with van der Waals surface area (Å²) >= 11 is 0. The number of hydrogen-bond donors (Lipinski definition) is 1. The van der Waals surface area contributed by atoms with E-state index in [0.29, 0.717) is 43.5 Å². The van der Waals surface area contributed by atoms with Gasteiger partial charge in [-0.05, 0) is 81.4 Å². The maximum Gasteiger partial charge on any atom is 0.307 e. The lowest BCUT2D eigenvalue weighted by atomic mass is 9.85. The van der Waals surface area contributed by atoms with Crippen LogP contribution in [0.4, 0.5) is 0 Å². The molecule has 1 aromatic heterocycles. The highest BCUT2D eigenvalue weighted by Crippen LogP contribution is 2.33. The lowest BCUT2D eigenvalue weighted by Gasteiger charge is -2.44. The zero-order valence-electron chi connectivity index (χ0n) is 27.4. The lowest BCUT2D eigenvalue weighted by Crippen LogP contribution is -2.52. The van der Waals surface area contributed by atoms with Crippen molar-refractivity contribution in [3.63, 3.8) is 0 Å². The zero-order valence-corrected chi connectivity index (χ0v) is 27.4. The van der Waals surface area contributed by atoms with E-state index in [1.807, 2.05) is 56.3 Å². The van der Waals surface area contributed by atoms with Gasteiger partial charge in [0.2, 0.25) is 0 Å². The first-order valence-corrected chi connectivity index (χ1v) is 16.7. The first kappa shape index (κ1) is 33.6. The van der Waals surface area contributed by atoms with Crippen LogP contribution in [-0.2, 0) is 32.7 Å². The van der Waals surface area contributed by atoms with Gasteiger partial charge < -0.3 is 24.3 Å². The summed E-state index contributed by atoms with van der Waals surface area (Å²) < 4.78 is 25.0. The van der Waals surface area contributed by atoms with Crippen LogP contribution in [0.3, 0.4) is 0 Å². The highest BCUT2D eigenvalue weighted by Gasteiger charge is 2.37. The van der Waals surface area contributed by atoms with E-state index in [1.54, 1.807) is 17.8 Å². The van der Waals surface area contributed by atoms with E-state index in [0.717, 1.165) is 55.7 Å². The SMILES string of the molecule is CCOC(CCCNC(=O)c1cc(COc2cccc([C@@H](CC(=O)O[C@H]3CN4CCC3CC4)c3ccccc3)c2)n(C)n1)OCC. The van der Waals surface area contributed by atoms with E-state index in [9.17, 15) is 9.59 Å². The molecule has 0 unspecified atom stereocenters. The van der Waals surface area contributed by atoms with Crippen LogP contribution in [0.2, 0.25) is 0 Å². The Morgan fingerprint density at radius 2 is 1.72 bits per heavy atom. The second kappa shape index (κ2) is 16.7. The van der Waals surface area contributed by atoms with Crippen molar-refractivity contribution in [1.82, 2.24) is 20.0 Å². The molecule has 2 bridgehead atoms. The van der Waals surface area contributed by atoms with Gasteiger partial charge in [0.15, 0.2) is 12.0 Å². The van der Waals surface area contributed by atoms with E-state index in [4.69, 9.17) is 18.9 Å². The summed E-state index contributed by atoms with van der Waals surface area (Å²) in [6.07, 6.45) is 3.63. The van der Waals surface area contributed by atoms with Gasteiger partial charge in [0.05, 0.1) is 12.1 Å². The van der Waals surface area contributed by atoms with Gasteiger partial charge in [-0.15, -0.1) is 0 Å². The smallest absolute Gasteiger partial charge is 0.307 e. The molecular formula is C36H48N4O6. The van der Waals surface area contributed by atoms with E-state index in [-0.39, 0.29) is 43.2 Å². The number of nitrogens with zero attached hydrogens (tertiary/aromatic N) is 3. The number of amides is 1. The molecule has 2 atom stereocenters. The monoisotopic (exact) mass is 632 g/mol. The van der Waals surface area contributed by atoms with Crippen molar-refractivity contribution in [2.75, 3.05) is 39.4 Å². The fourth-order valence-electron chi connectivity index (χ4n) is 6.42. The molecule has 4 heterocycles. The molecule has 3 aliphatic heterocycles. The normalized spacial score (nSPS) is 19.6. The molecule has 248 valence electrons. The third kappa shape index (κ3) is 9.18. The minimum absolute atomic E-state index is 0.0138. The summed E-state index contributed by atoms with van der Waals surface area (Å²) in [5.41, 5.74) is 3.14. The Morgan fingerprint density at radius 1 is 0.978 bits per heavy atom. The number of nitrogens with one attached hydrogen (secondary N) is 1. The van der Waals surface area contributed by atoms with Crippen LogP contribution in [0, 0.1) is 5.92 Å². The summed E-state index contributed by atoms with van der Waals surface area (Å²) in [5.74, 6) is 0.586. The number of piperidine rings is 3. The number of esters is 1. The molecule has 0 spiro atoms. The Balaban J connectivity index is 1.18. The highest BCUT2D eigenvalue weighted by molar-refractivity contribution is 5.92. The predicted molar refractivity (Wildman–Crippen MR) is 175 cm³/mol. The Labute approximate surface area is 272 Å². The average molecular weight is 633 g/mol. The van der Waals surface area contributed by atoms with Gasteiger partial charge in [-0.3, -0.25) is 19.2 Å². The first-order chi connectivity index (χ1) is 22.4. The van der Waals surface area contributed by atoms with Crippen LogP contribution in [0.1, 0.15) is 79.2 Å². The van der Waals surface area contributed by atoms with Crippen LogP contribution in [-0.4, -0.2) is 78.3 Å². The molecule has 1 amide bonds. The Kier molecular flexibility index (Phi) is 12.2. The molecule has 10 heteroatoms. The maximum atomic E-state index is 13.3. The van der Waals surface area contributed by atoms with Crippen LogP contribution in [0.15, 0.2) is 60.7 Å². The summed E-state index contributed by atoms with van der Waals surface area (Å²) in [6, 6.07) is 19.7. The van der Waals surface area contributed by atoms with E-state index < -0.39 is 0 Å². The van der Waals surface area contributed by atoms with Crippen LogP contribution in [0.25, 0.3) is 0 Å². The number of carbonyl (C=O) groups excluding carboxylic acids is 2. The van der Waals surface area contributed by atoms with E-state index in [2.05, 4.69) is 27.4 Å². The number of benzene rings is 2. The number of rotatable bonds is 17. The third-order valence-electron chi connectivity index (χ3n) is 8.92. The van der Waals surface area contributed by atoms with Crippen LogP contribution < -0.4 is 10.1 Å². The van der Waals surface area contributed by atoms with Gasteiger partial charge in [0, 0.05) is 45.7 Å². The van der Waals surface area contributed by atoms with Gasteiger partial charge in [0.1, 0.15) is 18.5 Å². The van der Waals surface area contributed by atoms with Crippen LogP contribution >= 0.6 is 0 Å². The molecule has 3 fully saturated rings. The van der Waals surface area contributed by atoms with Crippen molar-refractivity contribution in [3.8, 4) is 5.75 Å². The second-order valence-electron chi connectivity index (χ2n) is 12.1. The van der Waals surface area contributed by atoms with E-state index >= 15 is 0 Å². The van der Waals surface area contributed by atoms with Gasteiger partial charge in [0.25, 0.3) is 5.91 Å². The standard InChI is InChI=1S/C36H48N4O6/c1-4-43-35(44-5-2)15-10-18-37-36(42)32-22-29(39(3)38-32)25-45-30-14-9-13-28(21-30)31(26-11-7-6-8-12-26)23-34(41)46-33-24-40-19-16-27(33)17-20-40/h6-9,11-14,21-22,27,31,33,35H,4-5,10,15-20,23-25H2,1-3H3,(H,37,42)/t31-,33-/m0/s1. The lowest BCUT2D eigenvalue weighted by molar-refractivity contribution is -0.159. The average Bonchev–Trinajstić information content (AvgIpc) is 3.46. The third-order valence-corrected chi connectivity index (χ3v) is 8.92. The summed E-state index contributed by atoms with van der Waals surface area (Å²) in [4.78, 5) is 28.4. The van der Waals surface area contributed by atoms with Crippen molar-refractivity contribution >= 4 is 11.9 Å². The molecule has 0 radical (unpaired) electrons. The number of fused-ring (bicyclic) bond motifs is 3. The molecule has 2 aromatic carbocycles. The number of aryl methyl sites for hydroxylation is 1. The van der Waals surface area contributed by atoms with Crippen molar-refractivity contribution in [2.45, 2.75) is 70.9 Å². The van der Waals surface area contributed by atoms with Gasteiger partial charge in [-0.2, -0.15) is 5.10 Å². The van der Waals surface area contributed by atoms with Crippen molar-refractivity contribution in [1.29, 1.82) is 0 Å². The minimum atomic E-state index is -0.254. The predicted octanol–water partition coefficient (Wildman–Crippen LogP) is 5.07. The summed E-state index contributed by atoms with van der Waals surface area (Å²) in [5, 5.41) is 7.33. The van der Waals surface area contributed by atoms with Crippen molar-refractivity contribution in [3.05, 3.63) is 83.2 Å². The molecule has 0 saturated carbocycles. The van der Waals surface area contributed by atoms with Gasteiger partial charge in [-0.1, -0.05) is 42.5 Å². The van der Waals surface area contributed by atoms with E-state index in [1.165, 1.54) is 0 Å². The number of ether oxygens (including phenoxy) is 4. The zero-order chi connectivity index (χ0) is 32.3. The molecule has 46 heavy (non-hydrogen) atoms. The fourth-order valence-corrected chi connectivity index (χ4v) is 6.42. The quantitative estimate of drug-likeness (QED) is 0.125. The van der Waals surface area contributed by atoms with Gasteiger partial charge >= 0.3 is 5.97 Å².